The Morgan fingerprint density at radius 1 is 1.02 bits per heavy atom. The number of rotatable bonds is 19. The van der Waals surface area contributed by atoms with E-state index in [9.17, 15) is 29.1 Å². The van der Waals surface area contributed by atoms with E-state index in [1.165, 1.54) is 4.90 Å². The zero-order chi connectivity index (χ0) is 33.0. The van der Waals surface area contributed by atoms with Gasteiger partial charge in [-0.25, -0.2) is 4.79 Å². The molecule has 0 radical (unpaired) electrons. The molecule has 5 N–H and O–H groups in total. The average molecular weight is 718 g/mol. The maximum Gasteiger partial charge on any atom is 0.320 e. The lowest BCUT2D eigenvalue weighted by atomic mass is 10.0. The van der Waals surface area contributed by atoms with Crippen LogP contribution in [0.15, 0.2) is 30.3 Å². The zero-order valence-electron chi connectivity index (χ0n) is 25.6. The Kier molecular flexibility index (Phi) is 18.5. The number of urea groups is 1. The number of benzene rings is 1. The van der Waals surface area contributed by atoms with E-state index in [-0.39, 0.29) is 63.0 Å². The first-order valence-corrected chi connectivity index (χ1v) is 17.3. The summed E-state index contributed by atoms with van der Waals surface area (Å²) in [4.78, 5) is 58.5. The number of anilines is 1. The van der Waals surface area contributed by atoms with Gasteiger partial charge >= 0.3 is 23.9 Å². The molecular formula is C30H45BrN4O9S. The highest BCUT2D eigenvalue weighted by Crippen LogP contribution is 2.33. The summed E-state index contributed by atoms with van der Waals surface area (Å²) in [6, 6.07) is 9.34. The molecule has 15 heteroatoms. The highest BCUT2D eigenvalue weighted by Gasteiger charge is 2.42. The number of thioether (sulfide) groups is 1. The van der Waals surface area contributed by atoms with Crippen LogP contribution < -0.4 is 16.0 Å². The number of carbonyl (C=O) groups is 5. The Morgan fingerprint density at radius 2 is 1.71 bits per heavy atom. The molecule has 2 aliphatic rings. The van der Waals surface area contributed by atoms with E-state index < -0.39 is 24.1 Å². The number of aliphatic hydroxyl groups is 1. The van der Waals surface area contributed by atoms with Gasteiger partial charge in [0.05, 0.1) is 31.8 Å². The van der Waals surface area contributed by atoms with Gasteiger partial charge in [-0.05, 0) is 57.7 Å². The van der Waals surface area contributed by atoms with Gasteiger partial charge in [-0.1, -0.05) is 34.1 Å². The molecule has 0 aromatic heterocycles. The lowest BCUT2D eigenvalue weighted by Crippen LogP contribution is -2.38. The Bertz CT molecular complexity index is 1080. The molecule has 2 aliphatic heterocycles. The van der Waals surface area contributed by atoms with Crippen LogP contribution in [0, 0.1) is 0 Å². The molecule has 0 bridgehead atoms. The van der Waals surface area contributed by atoms with Gasteiger partial charge in [-0.15, -0.1) is 0 Å². The molecule has 2 fully saturated rings. The summed E-state index contributed by atoms with van der Waals surface area (Å²) in [5, 5.41) is 28.1. The number of para-hydroxylation sites is 1. The van der Waals surface area contributed by atoms with Crippen LogP contribution in [0.4, 0.5) is 10.5 Å². The molecule has 3 amide bonds. The Balaban J connectivity index is 0.000000900. The molecule has 45 heavy (non-hydrogen) atoms. The normalized spacial score (nSPS) is 18.9. The minimum Gasteiger partial charge on any atom is -0.481 e. The molecule has 0 aliphatic carbocycles. The first kappa shape index (κ1) is 38.3. The van der Waals surface area contributed by atoms with Gasteiger partial charge in [0.1, 0.15) is 6.23 Å². The average Bonchev–Trinajstić information content (AvgIpc) is 3.56. The van der Waals surface area contributed by atoms with Gasteiger partial charge in [0, 0.05) is 41.3 Å². The van der Waals surface area contributed by atoms with E-state index >= 15 is 0 Å². The number of amides is 3. The summed E-state index contributed by atoms with van der Waals surface area (Å²) in [6.07, 6.45) is 3.48. The van der Waals surface area contributed by atoms with Crippen molar-refractivity contribution in [3.8, 4) is 0 Å². The minimum absolute atomic E-state index is 0.0560. The van der Waals surface area contributed by atoms with Gasteiger partial charge in [-0.2, -0.15) is 11.8 Å². The van der Waals surface area contributed by atoms with Crippen LogP contribution in [-0.2, 0) is 28.7 Å². The van der Waals surface area contributed by atoms with Crippen LogP contribution >= 0.6 is 27.7 Å². The van der Waals surface area contributed by atoms with Crippen molar-refractivity contribution in [3.63, 3.8) is 0 Å². The predicted octanol–water partition coefficient (Wildman–Crippen LogP) is 3.10. The lowest BCUT2D eigenvalue weighted by Gasteiger charge is -2.23. The van der Waals surface area contributed by atoms with Crippen molar-refractivity contribution in [2.45, 2.75) is 81.3 Å². The minimum atomic E-state index is -0.772. The summed E-state index contributed by atoms with van der Waals surface area (Å²) in [7, 11) is 1.66. The molecule has 1 aromatic carbocycles. The Hall–Kier alpha value is -2.88. The molecule has 0 saturated carbocycles. The molecule has 1 aromatic rings. The van der Waals surface area contributed by atoms with Crippen molar-refractivity contribution in [1.82, 2.24) is 15.5 Å². The van der Waals surface area contributed by atoms with E-state index in [0.717, 1.165) is 36.0 Å². The quantitative estimate of drug-likeness (QED) is 0.0466. The van der Waals surface area contributed by atoms with Gasteiger partial charge in [0.25, 0.3) is 0 Å². The van der Waals surface area contributed by atoms with Crippen molar-refractivity contribution < 1.29 is 43.7 Å². The predicted molar refractivity (Wildman–Crippen MR) is 174 cm³/mol. The maximum absolute atomic E-state index is 12.1. The summed E-state index contributed by atoms with van der Waals surface area (Å²) in [6.45, 7) is 0.174. The second-order valence-electron chi connectivity index (χ2n) is 10.7. The van der Waals surface area contributed by atoms with Crippen LogP contribution in [-0.4, -0.2) is 106 Å². The highest BCUT2D eigenvalue weighted by atomic mass is 79.9. The number of hydrogen-bond acceptors (Lipinski definition) is 10. The molecule has 2 saturated heterocycles. The van der Waals surface area contributed by atoms with Crippen LogP contribution in [0.5, 0.6) is 0 Å². The van der Waals surface area contributed by atoms with Gasteiger partial charge in [-0.3, -0.25) is 24.1 Å². The van der Waals surface area contributed by atoms with Crippen molar-refractivity contribution in [3.05, 3.63) is 30.3 Å². The number of carboxylic acids is 1. The smallest absolute Gasteiger partial charge is 0.320 e. The van der Waals surface area contributed by atoms with Crippen molar-refractivity contribution >= 4 is 63.2 Å². The Labute approximate surface area is 276 Å². The standard InChI is InChI=1S/C26H38N4O7S.C4H7BrO2/c1-30(22(32)12-5-10-20-25-19(17-38-20)28-26(35)29-25)16-24(34)37-15-7-13-23(33)36-14-6-11-21(31)27-18-8-3-2-4-9-18;5-3-1-2-4(6)7/h2-4,8-9,19-20,22,25,32H,5-7,10-17H2,1H3,(H,27,31)(H2,28,29,35);1-3H2,(H,6,7). The molecule has 13 nitrogen and oxygen atoms in total. The summed E-state index contributed by atoms with van der Waals surface area (Å²) < 4.78 is 10.3. The van der Waals surface area contributed by atoms with Gasteiger partial charge in [0.15, 0.2) is 0 Å². The number of aliphatic carboxylic acids is 1. The number of hydrogen-bond donors (Lipinski definition) is 5. The van der Waals surface area contributed by atoms with E-state index in [0.29, 0.717) is 24.5 Å². The van der Waals surface area contributed by atoms with Crippen LogP contribution in [0.2, 0.25) is 0 Å². The monoisotopic (exact) mass is 716 g/mol. The third-order valence-corrected chi connectivity index (χ3v) is 9.03. The highest BCUT2D eigenvalue weighted by molar-refractivity contribution is 9.09. The fourth-order valence-corrected chi connectivity index (χ4v) is 6.40. The lowest BCUT2D eigenvalue weighted by molar-refractivity contribution is -0.149. The van der Waals surface area contributed by atoms with Crippen LogP contribution in [0.3, 0.4) is 0 Å². The van der Waals surface area contributed by atoms with Gasteiger partial charge < -0.3 is 35.6 Å². The number of halogens is 1. The number of fused-ring (bicyclic) bond motifs is 1. The molecule has 252 valence electrons. The number of aliphatic hydroxyl groups excluding tert-OH is 1. The molecular weight excluding hydrogens is 672 g/mol. The number of likely N-dealkylation sites (N-methyl/N-ethyl adjacent to an activating group) is 1. The van der Waals surface area contributed by atoms with Crippen LogP contribution in [0.25, 0.3) is 0 Å². The van der Waals surface area contributed by atoms with Crippen molar-refractivity contribution in [1.29, 1.82) is 0 Å². The second-order valence-corrected chi connectivity index (χ2v) is 12.8. The first-order valence-electron chi connectivity index (χ1n) is 15.1. The number of nitrogens with one attached hydrogen (secondary N) is 3. The maximum atomic E-state index is 12.1. The summed E-state index contributed by atoms with van der Waals surface area (Å²) in [5.74, 6) is -0.847. The van der Waals surface area contributed by atoms with Crippen LogP contribution in [0.1, 0.15) is 57.8 Å². The third-order valence-electron chi connectivity index (χ3n) is 6.96. The molecule has 4 atom stereocenters. The van der Waals surface area contributed by atoms with Crippen molar-refractivity contribution in [2.24, 2.45) is 0 Å². The number of carboxylic acid groups (broad SMARTS) is 1. The number of ether oxygens (including phenoxy) is 2. The second kappa shape index (κ2) is 21.8. The van der Waals surface area contributed by atoms with E-state index in [2.05, 4.69) is 31.9 Å². The summed E-state index contributed by atoms with van der Waals surface area (Å²) >= 11 is 4.95. The fraction of sp³-hybridized carbons (Fsp3) is 0.633. The molecule has 3 rings (SSSR count). The molecule has 0 spiro atoms. The van der Waals surface area contributed by atoms with E-state index in [4.69, 9.17) is 14.6 Å². The molecule has 2 heterocycles. The SMILES string of the molecule is CN(CC(=O)OCCCC(=O)OCCCC(=O)Nc1ccccc1)C(O)CCCC1SCC2NC(=O)NC21.O=C(O)CCCBr. The van der Waals surface area contributed by atoms with Gasteiger partial charge in [0.2, 0.25) is 5.91 Å². The first-order chi connectivity index (χ1) is 21.6. The number of alkyl halides is 1. The Morgan fingerprint density at radius 3 is 2.38 bits per heavy atom. The third kappa shape index (κ3) is 16.3. The van der Waals surface area contributed by atoms with E-state index in [1.54, 1.807) is 19.2 Å². The van der Waals surface area contributed by atoms with Crippen molar-refractivity contribution in [2.75, 3.05) is 43.2 Å². The number of carbonyl (C=O) groups excluding carboxylic acids is 4. The molecule has 4 unspecified atom stereocenters. The summed E-state index contributed by atoms with van der Waals surface area (Å²) in [5.41, 5.74) is 0.723. The fourth-order valence-electron chi connectivity index (χ4n) is 4.58. The zero-order valence-corrected chi connectivity index (χ0v) is 28.0. The number of nitrogens with zero attached hydrogens (tertiary/aromatic N) is 1. The largest absolute Gasteiger partial charge is 0.481 e. The number of esters is 2. The topological polar surface area (TPSA) is 184 Å². The van der Waals surface area contributed by atoms with E-state index in [1.807, 2.05) is 30.0 Å².